The molecule has 0 bridgehead atoms. The van der Waals surface area contributed by atoms with E-state index in [0.29, 0.717) is 0 Å². The first-order valence-corrected chi connectivity index (χ1v) is 8.69. The van der Waals surface area contributed by atoms with Crippen molar-refractivity contribution < 1.29 is 14.4 Å². The zero-order chi connectivity index (χ0) is 17.3. The SMILES string of the molecule is Cc1ccccc1[C@H](C)NC(=O)CN1C(=O)[C@@H]2CCCC[C@H]2C1=O. The molecular weight excluding hydrogens is 304 g/mol. The highest BCUT2D eigenvalue weighted by atomic mass is 16.2. The highest BCUT2D eigenvalue weighted by molar-refractivity contribution is 6.07. The Morgan fingerprint density at radius 2 is 1.75 bits per heavy atom. The number of aryl methyl sites for hydroxylation is 1. The highest BCUT2D eigenvalue weighted by Crippen LogP contribution is 2.37. The van der Waals surface area contributed by atoms with Gasteiger partial charge in [0, 0.05) is 0 Å². The van der Waals surface area contributed by atoms with Crippen molar-refractivity contribution in [3.05, 3.63) is 35.4 Å². The van der Waals surface area contributed by atoms with Gasteiger partial charge in [0.1, 0.15) is 6.54 Å². The molecule has 3 atom stereocenters. The maximum absolute atomic E-state index is 12.4. The molecule has 0 spiro atoms. The Bertz CT molecular complexity index is 646. The summed E-state index contributed by atoms with van der Waals surface area (Å²) in [6.07, 6.45) is 3.52. The summed E-state index contributed by atoms with van der Waals surface area (Å²) in [5, 5.41) is 2.90. The lowest BCUT2D eigenvalue weighted by atomic mass is 9.81. The molecule has 1 aliphatic carbocycles. The lowest BCUT2D eigenvalue weighted by Crippen LogP contribution is -2.41. The summed E-state index contributed by atoms with van der Waals surface area (Å²) in [6.45, 7) is 3.74. The number of hydrogen-bond acceptors (Lipinski definition) is 3. The van der Waals surface area contributed by atoms with Crippen molar-refractivity contribution in [2.75, 3.05) is 6.54 Å². The van der Waals surface area contributed by atoms with Crippen LogP contribution >= 0.6 is 0 Å². The molecule has 5 heteroatoms. The van der Waals surface area contributed by atoms with Crippen LogP contribution in [0, 0.1) is 18.8 Å². The van der Waals surface area contributed by atoms with E-state index >= 15 is 0 Å². The van der Waals surface area contributed by atoms with Gasteiger partial charge < -0.3 is 5.32 Å². The molecule has 24 heavy (non-hydrogen) atoms. The van der Waals surface area contributed by atoms with Gasteiger partial charge in [-0.3, -0.25) is 19.3 Å². The second kappa shape index (κ2) is 6.75. The van der Waals surface area contributed by atoms with Crippen LogP contribution in [0.3, 0.4) is 0 Å². The zero-order valence-electron chi connectivity index (χ0n) is 14.2. The van der Waals surface area contributed by atoms with Crippen LogP contribution in [0.2, 0.25) is 0 Å². The van der Waals surface area contributed by atoms with Gasteiger partial charge in [-0.25, -0.2) is 0 Å². The Kier molecular flexibility index (Phi) is 4.69. The first kappa shape index (κ1) is 16.7. The number of likely N-dealkylation sites (tertiary alicyclic amines) is 1. The molecule has 1 aliphatic heterocycles. The predicted octanol–water partition coefficient (Wildman–Crippen LogP) is 2.35. The van der Waals surface area contributed by atoms with E-state index in [1.54, 1.807) is 0 Å². The standard InChI is InChI=1S/C19H24N2O3/c1-12-7-3-4-8-14(12)13(2)20-17(22)11-21-18(23)15-9-5-6-10-16(15)19(21)24/h3-4,7-8,13,15-16H,5-6,9-11H2,1-2H3,(H,20,22)/t13-,15+,16+/m0/s1. The number of imide groups is 1. The molecule has 5 nitrogen and oxygen atoms in total. The first-order chi connectivity index (χ1) is 11.5. The number of benzene rings is 1. The number of carbonyl (C=O) groups is 3. The molecular formula is C19H24N2O3. The van der Waals surface area contributed by atoms with Gasteiger partial charge >= 0.3 is 0 Å². The summed E-state index contributed by atoms with van der Waals surface area (Å²) in [4.78, 5) is 38.3. The Balaban J connectivity index is 1.63. The van der Waals surface area contributed by atoms with E-state index in [2.05, 4.69) is 5.32 Å². The largest absolute Gasteiger partial charge is 0.348 e. The van der Waals surface area contributed by atoms with Gasteiger partial charge in [-0.05, 0) is 37.8 Å². The van der Waals surface area contributed by atoms with E-state index in [1.807, 2.05) is 38.1 Å². The molecule has 1 N–H and O–H groups in total. The molecule has 1 saturated heterocycles. The van der Waals surface area contributed by atoms with Crippen LogP contribution in [0.4, 0.5) is 0 Å². The van der Waals surface area contributed by atoms with Crippen molar-refractivity contribution >= 4 is 17.7 Å². The number of fused-ring (bicyclic) bond motifs is 1. The van der Waals surface area contributed by atoms with Gasteiger partial charge in [0.05, 0.1) is 17.9 Å². The third-order valence-corrected chi connectivity index (χ3v) is 5.27. The second-order valence-corrected chi connectivity index (χ2v) is 6.91. The second-order valence-electron chi connectivity index (χ2n) is 6.91. The number of hydrogen-bond donors (Lipinski definition) is 1. The van der Waals surface area contributed by atoms with Gasteiger partial charge in [0.25, 0.3) is 0 Å². The van der Waals surface area contributed by atoms with Crippen molar-refractivity contribution in [1.29, 1.82) is 0 Å². The fraction of sp³-hybridized carbons (Fsp3) is 0.526. The van der Waals surface area contributed by atoms with E-state index in [-0.39, 0.29) is 42.1 Å². The lowest BCUT2D eigenvalue weighted by molar-refractivity contribution is -0.143. The summed E-state index contributed by atoms with van der Waals surface area (Å²) in [5.41, 5.74) is 2.14. The van der Waals surface area contributed by atoms with Crippen molar-refractivity contribution in [3.63, 3.8) is 0 Å². The number of amides is 3. The zero-order valence-corrected chi connectivity index (χ0v) is 14.2. The molecule has 3 rings (SSSR count). The monoisotopic (exact) mass is 328 g/mol. The van der Waals surface area contributed by atoms with Gasteiger partial charge in [-0.2, -0.15) is 0 Å². The van der Waals surface area contributed by atoms with Crippen LogP contribution in [0.1, 0.15) is 49.8 Å². The quantitative estimate of drug-likeness (QED) is 0.863. The Morgan fingerprint density at radius 3 is 2.33 bits per heavy atom. The van der Waals surface area contributed by atoms with Gasteiger partial charge in [-0.1, -0.05) is 37.1 Å². The van der Waals surface area contributed by atoms with E-state index in [0.717, 1.165) is 36.8 Å². The molecule has 1 heterocycles. The number of rotatable bonds is 4. The summed E-state index contributed by atoms with van der Waals surface area (Å²) < 4.78 is 0. The van der Waals surface area contributed by atoms with E-state index in [1.165, 1.54) is 4.90 Å². The Hall–Kier alpha value is -2.17. The maximum Gasteiger partial charge on any atom is 0.240 e. The molecule has 0 radical (unpaired) electrons. The number of carbonyl (C=O) groups excluding carboxylic acids is 3. The minimum Gasteiger partial charge on any atom is -0.348 e. The molecule has 1 aromatic carbocycles. The highest BCUT2D eigenvalue weighted by Gasteiger charge is 2.48. The fourth-order valence-corrected chi connectivity index (χ4v) is 3.97. The van der Waals surface area contributed by atoms with E-state index in [9.17, 15) is 14.4 Å². The molecule has 1 saturated carbocycles. The van der Waals surface area contributed by atoms with E-state index < -0.39 is 0 Å². The molecule has 2 fully saturated rings. The minimum absolute atomic E-state index is 0.159. The molecule has 0 aromatic heterocycles. The Labute approximate surface area is 142 Å². The normalized spacial score (nSPS) is 24.7. The first-order valence-electron chi connectivity index (χ1n) is 8.69. The number of nitrogens with zero attached hydrogens (tertiary/aromatic N) is 1. The van der Waals surface area contributed by atoms with Gasteiger partial charge in [-0.15, -0.1) is 0 Å². The lowest BCUT2D eigenvalue weighted by Gasteiger charge is -2.19. The third-order valence-electron chi connectivity index (χ3n) is 5.27. The van der Waals surface area contributed by atoms with Crippen LogP contribution in [0.15, 0.2) is 24.3 Å². The molecule has 3 amide bonds. The minimum atomic E-state index is -0.286. The average molecular weight is 328 g/mol. The topological polar surface area (TPSA) is 66.5 Å². The van der Waals surface area contributed by atoms with Crippen molar-refractivity contribution in [3.8, 4) is 0 Å². The summed E-state index contributed by atoms with van der Waals surface area (Å²) in [5.74, 6) is -1.02. The van der Waals surface area contributed by atoms with Crippen LogP contribution in [0.25, 0.3) is 0 Å². The van der Waals surface area contributed by atoms with E-state index in [4.69, 9.17) is 0 Å². The van der Waals surface area contributed by atoms with Crippen LogP contribution in [0.5, 0.6) is 0 Å². The van der Waals surface area contributed by atoms with Crippen molar-refractivity contribution in [1.82, 2.24) is 10.2 Å². The van der Waals surface area contributed by atoms with Crippen LogP contribution in [-0.4, -0.2) is 29.2 Å². The van der Waals surface area contributed by atoms with Crippen molar-refractivity contribution in [2.45, 2.75) is 45.6 Å². The number of nitrogens with one attached hydrogen (secondary N) is 1. The van der Waals surface area contributed by atoms with Gasteiger partial charge in [0.15, 0.2) is 0 Å². The molecule has 0 unspecified atom stereocenters. The third kappa shape index (κ3) is 3.07. The molecule has 2 aliphatic rings. The van der Waals surface area contributed by atoms with Gasteiger partial charge in [0.2, 0.25) is 17.7 Å². The van der Waals surface area contributed by atoms with Crippen molar-refractivity contribution in [2.24, 2.45) is 11.8 Å². The predicted molar refractivity (Wildman–Crippen MR) is 89.9 cm³/mol. The molecule has 1 aromatic rings. The smallest absolute Gasteiger partial charge is 0.240 e. The molecule has 128 valence electrons. The summed E-state index contributed by atoms with van der Waals surface area (Å²) in [6, 6.07) is 7.70. The maximum atomic E-state index is 12.4. The fourth-order valence-electron chi connectivity index (χ4n) is 3.97. The van der Waals surface area contributed by atoms with Crippen LogP contribution < -0.4 is 5.32 Å². The average Bonchev–Trinajstić information content (AvgIpc) is 2.80. The summed E-state index contributed by atoms with van der Waals surface area (Å²) in [7, 11) is 0. The Morgan fingerprint density at radius 1 is 1.17 bits per heavy atom. The summed E-state index contributed by atoms with van der Waals surface area (Å²) >= 11 is 0. The van der Waals surface area contributed by atoms with Crippen LogP contribution in [-0.2, 0) is 14.4 Å².